The number of carbonyl (C=O) groups is 2. The number of amides is 1. The fraction of sp³-hybridized carbons (Fsp3) is 0.207. The van der Waals surface area contributed by atoms with E-state index in [1.165, 1.54) is 16.4 Å². The van der Waals surface area contributed by atoms with Crippen LogP contribution in [0, 0.1) is 0 Å². The minimum Gasteiger partial charge on any atom is -0.452 e. The zero-order valence-corrected chi connectivity index (χ0v) is 21.5. The summed E-state index contributed by atoms with van der Waals surface area (Å²) in [6, 6.07) is 24.5. The SMILES string of the molecule is O=C(COC(=O)c1cc(-c2ccccc2)nc2ccccc12)Nc1cccc(S(=O)(=O)N2CCCCC2)c1. The van der Waals surface area contributed by atoms with Crippen LogP contribution >= 0.6 is 0 Å². The zero-order valence-electron chi connectivity index (χ0n) is 20.7. The topological polar surface area (TPSA) is 106 Å². The Kier molecular flexibility index (Phi) is 7.48. The number of hydrogen-bond donors (Lipinski definition) is 1. The first-order chi connectivity index (χ1) is 18.4. The molecule has 1 amide bonds. The molecule has 0 saturated carbocycles. The van der Waals surface area contributed by atoms with Crippen LogP contribution in [0.25, 0.3) is 22.2 Å². The highest BCUT2D eigenvalue weighted by molar-refractivity contribution is 7.89. The van der Waals surface area contributed by atoms with Gasteiger partial charge in [-0.15, -0.1) is 0 Å². The molecule has 1 saturated heterocycles. The van der Waals surface area contributed by atoms with Gasteiger partial charge < -0.3 is 10.1 Å². The second kappa shape index (κ2) is 11.1. The second-order valence-electron chi connectivity index (χ2n) is 9.06. The number of ether oxygens (including phenoxy) is 1. The summed E-state index contributed by atoms with van der Waals surface area (Å²) < 4.78 is 32.8. The van der Waals surface area contributed by atoms with Crippen molar-refractivity contribution in [3.8, 4) is 11.3 Å². The molecule has 0 unspecified atom stereocenters. The van der Waals surface area contributed by atoms with Gasteiger partial charge in [0.15, 0.2) is 6.61 Å². The number of sulfonamides is 1. The first kappa shape index (κ1) is 25.6. The van der Waals surface area contributed by atoms with E-state index in [4.69, 9.17) is 4.74 Å². The van der Waals surface area contributed by atoms with Crippen molar-refractivity contribution in [3.63, 3.8) is 0 Å². The second-order valence-corrected chi connectivity index (χ2v) is 11.0. The Morgan fingerprint density at radius 1 is 0.868 bits per heavy atom. The number of para-hydroxylation sites is 1. The average Bonchev–Trinajstić information content (AvgIpc) is 2.96. The van der Waals surface area contributed by atoms with Crippen LogP contribution in [0.5, 0.6) is 0 Å². The Morgan fingerprint density at radius 3 is 2.39 bits per heavy atom. The van der Waals surface area contributed by atoms with Gasteiger partial charge >= 0.3 is 5.97 Å². The standard InChI is InChI=1S/C29H27N3O5S/c33-28(30-22-12-9-13-23(18-22)38(35,36)32-16-7-2-8-17-32)20-37-29(34)25-19-27(21-10-3-1-4-11-21)31-26-15-6-5-14-24(25)26/h1,3-6,9-15,18-19H,2,7-8,16-17,20H2,(H,30,33). The van der Waals surface area contributed by atoms with Gasteiger partial charge in [-0.25, -0.2) is 18.2 Å². The van der Waals surface area contributed by atoms with Crippen molar-refractivity contribution in [2.24, 2.45) is 0 Å². The van der Waals surface area contributed by atoms with E-state index in [1.54, 1.807) is 30.3 Å². The summed E-state index contributed by atoms with van der Waals surface area (Å²) in [5, 5.41) is 3.25. The van der Waals surface area contributed by atoms with Crippen molar-refractivity contribution in [2.45, 2.75) is 24.2 Å². The Balaban J connectivity index is 1.29. The van der Waals surface area contributed by atoms with Crippen LogP contribution in [0.15, 0.2) is 89.8 Å². The molecule has 9 heteroatoms. The summed E-state index contributed by atoms with van der Waals surface area (Å²) in [4.78, 5) is 30.4. The summed E-state index contributed by atoms with van der Waals surface area (Å²) in [5.41, 5.74) is 2.72. The number of anilines is 1. The first-order valence-corrected chi connectivity index (χ1v) is 13.9. The number of rotatable bonds is 7. The molecule has 0 atom stereocenters. The predicted molar refractivity (Wildman–Crippen MR) is 145 cm³/mol. The number of hydrogen-bond acceptors (Lipinski definition) is 6. The molecule has 1 aromatic heterocycles. The molecule has 1 fully saturated rings. The monoisotopic (exact) mass is 529 g/mol. The summed E-state index contributed by atoms with van der Waals surface area (Å²) in [7, 11) is -3.64. The molecular formula is C29H27N3O5S. The highest BCUT2D eigenvalue weighted by atomic mass is 32.2. The third-order valence-corrected chi connectivity index (χ3v) is 8.31. The van der Waals surface area contributed by atoms with Gasteiger partial charge in [0.05, 0.1) is 21.7 Å². The van der Waals surface area contributed by atoms with Gasteiger partial charge in [-0.2, -0.15) is 4.31 Å². The van der Waals surface area contributed by atoms with Crippen LogP contribution in [0.4, 0.5) is 5.69 Å². The van der Waals surface area contributed by atoms with E-state index in [-0.39, 0.29) is 4.90 Å². The van der Waals surface area contributed by atoms with Crippen molar-refractivity contribution in [2.75, 3.05) is 25.0 Å². The summed E-state index contributed by atoms with van der Waals surface area (Å²) >= 11 is 0. The van der Waals surface area contributed by atoms with E-state index < -0.39 is 28.5 Å². The third kappa shape index (κ3) is 5.58. The molecule has 1 N–H and O–H groups in total. The average molecular weight is 530 g/mol. The van der Waals surface area contributed by atoms with E-state index in [9.17, 15) is 18.0 Å². The van der Waals surface area contributed by atoms with E-state index in [1.807, 2.05) is 42.5 Å². The molecule has 3 aromatic carbocycles. The molecule has 2 heterocycles. The van der Waals surface area contributed by atoms with E-state index >= 15 is 0 Å². The molecule has 0 radical (unpaired) electrons. The van der Waals surface area contributed by atoms with Gasteiger partial charge in [-0.3, -0.25) is 4.79 Å². The van der Waals surface area contributed by atoms with Gasteiger partial charge in [0.2, 0.25) is 10.0 Å². The summed E-state index contributed by atoms with van der Waals surface area (Å²) in [6.07, 6.45) is 2.69. The Morgan fingerprint density at radius 2 is 1.61 bits per heavy atom. The largest absolute Gasteiger partial charge is 0.452 e. The molecule has 4 aromatic rings. The minimum atomic E-state index is -3.64. The highest BCUT2D eigenvalue weighted by Crippen LogP contribution is 2.26. The Bertz CT molecular complexity index is 1580. The minimum absolute atomic E-state index is 0.117. The van der Waals surface area contributed by atoms with Crippen molar-refractivity contribution < 1.29 is 22.7 Å². The van der Waals surface area contributed by atoms with Gasteiger partial charge in [0.1, 0.15) is 0 Å². The van der Waals surface area contributed by atoms with E-state index in [0.29, 0.717) is 40.9 Å². The van der Waals surface area contributed by atoms with E-state index in [2.05, 4.69) is 10.3 Å². The van der Waals surface area contributed by atoms with Crippen LogP contribution in [-0.2, 0) is 19.6 Å². The lowest BCUT2D eigenvalue weighted by Crippen LogP contribution is -2.35. The predicted octanol–water partition coefficient (Wildman–Crippen LogP) is 4.87. The van der Waals surface area contributed by atoms with Crippen LogP contribution in [-0.4, -0.2) is 49.3 Å². The van der Waals surface area contributed by atoms with Gasteiger partial charge in [-0.05, 0) is 43.2 Å². The van der Waals surface area contributed by atoms with Crippen LogP contribution in [0.2, 0.25) is 0 Å². The molecule has 194 valence electrons. The number of aromatic nitrogens is 1. The lowest BCUT2D eigenvalue weighted by Gasteiger charge is -2.26. The lowest BCUT2D eigenvalue weighted by atomic mass is 10.0. The highest BCUT2D eigenvalue weighted by Gasteiger charge is 2.26. The molecule has 0 spiro atoms. The number of benzene rings is 3. The quantitative estimate of drug-likeness (QED) is 0.343. The van der Waals surface area contributed by atoms with E-state index in [0.717, 1.165) is 24.8 Å². The maximum absolute atomic E-state index is 13.0. The van der Waals surface area contributed by atoms with Crippen LogP contribution in [0.3, 0.4) is 0 Å². The molecule has 0 bridgehead atoms. The number of nitrogens with one attached hydrogen (secondary N) is 1. The number of esters is 1. The van der Waals surface area contributed by atoms with Crippen molar-refractivity contribution >= 4 is 38.5 Å². The maximum Gasteiger partial charge on any atom is 0.339 e. The third-order valence-electron chi connectivity index (χ3n) is 6.41. The van der Waals surface area contributed by atoms with Crippen molar-refractivity contribution in [1.82, 2.24) is 9.29 Å². The number of piperidine rings is 1. The Labute approximate surface area is 221 Å². The Hall–Kier alpha value is -4.08. The van der Waals surface area contributed by atoms with Crippen molar-refractivity contribution in [1.29, 1.82) is 0 Å². The zero-order chi connectivity index (χ0) is 26.5. The van der Waals surface area contributed by atoms with Gasteiger partial charge in [-0.1, -0.05) is 61.0 Å². The lowest BCUT2D eigenvalue weighted by molar-refractivity contribution is -0.119. The molecule has 8 nitrogen and oxygen atoms in total. The number of carbonyl (C=O) groups excluding carboxylic acids is 2. The number of pyridine rings is 1. The van der Waals surface area contributed by atoms with Gasteiger partial charge in [0, 0.05) is 29.7 Å². The van der Waals surface area contributed by atoms with Crippen LogP contribution < -0.4 is 5.32 Å². The smallest absolute Gasteiger partial charge is 0.339 e. The maximum atomic E-state index is 13.0. The first-order valence-electron chi connectivity index (χ1n) is 12.4. The fourth-order valence-electron chi connectivity index (χ4n) is 4.50. The normalized spacial score (nSPS) is 14.2. The summed E-state index contributed by atoms with van der Waals surface area (Å²) in [5.74, 6) is -1.23. The molecule has 5 rings (SSSR count). The molecule has 0 aliphatic carbocycles. The number of fused-ring (bicyclic) bond motifs is 1. The summed E-state index contributed by atoms with van der Waals surface area (Å²) in [6.45, 7) is 0.453. The molecule has 1 aliphatic rings. The van der Waals surface area contributed by atoms with Crippen molar-refractivity contribution in [3.05, 3.63) is 90.5 Å². The molecular weight excluding hydrogens is 502 g/mol. The molecule has 38 heavy (non-hydrogen) atoms. The van der Waals surface area contributed by atoms with Crippen LogP contribution in [0.1, 0.15) is 29.6 Å². The number of nitrogens with zero attached hydrogens (tertiary/aromatic N) is 2. The molecule has 1 aliphatic heterocycles. The van der Waals surface area contributed by atoms with Gasteiger partial charge in [0.25, 0.3) is 5.91 Å². The fourth-order valence-corrected chi connectivity index (χ4v) is 6.06.